The molecule has 2 amide bonds. The molecule has 0 unspecified atom stereocenters. The number of thiophene rings is 1. The summed E-state index contributed by atoms with van der Waals surface area (Å²) in [4.78, 5) is 32.6. The maximum Gasteiger partial charge on any atom is 0.261 e. The molecule has 0 spiro atoms. The Labute approximate surface area is 160 Å². The largest absolute Gasteiger partial charge is 0.467 e. The van der Waals surface area contributed by atoms with Crippen molar-refractivity contribution in [3.63, 3.8) is 0 Å². The molecular formula is C19H20N4O3S. The predicted octanol–water partition coefficient (Wildman–Crippen LogP) is 2.83. The van der Waals surface area contributed by atoms with E-state index in [-0.39, 0.29) is 17.9 Å². The molecular weight excluding hydrogens is 364 g/mol. The Bertz CT molecular complexity index is 901. The number of furan rings is 1. The van der Waals surface area contributed by atoms with E-state index < -0.39 is 0 Å². The summed E-state index contributed by atoms with van der Waals surface area (Å²) < 4.78 is 7.01. The summed E-state index contributed by atoms with van der Waals surface area (Å²) in [6.07, 6.45) is 8.58. The molecule has 0 aromatic carbocycles. The molecule has 1 N–H and O–H groups in total. The van der Waals surface area contributed by atoms with Crippen LogP contribution in [0.2, 0.25) is 0 Å². The van der Waals surface area contributed by atoms with Crippen molar-refractivity contribution in [1.29, 1.82) is 0 Å². The number of nitrogens with zero attached hydrogens (tertiary/aromatic N) is 3. The second-order valence-corrected chi connectivity index (χ2v) is 7.56. The van der Waals surface area contributed by atoms with Gasteiger partial charge in [0.25, 0.3) is 5.91 Å². The molecule has 1 aliphatic heterocycles. The van der Waals surface area contributed by atoms with Crippen molar-refractivity contribution >= 4 is 23.2 Å². The molecule has 4 rings (SSSR count). The van der Waals surface area contributed by atoms with E-state index >= 15 is 0 Å². The monoisotopic (exact) mass is 384 g/mol. The van der Waals surface area contributed by atoms with Crippen molar-refractivity contribution in [2.45, 2.75) is 32.0 Å². The van der Waals surface area contributed by atoms with Crippen LogP contribution < -0.4 is 5.32 Å². The van der Waals surface area contributed by atoms with E-state index in [0.717, 1.165) is 24.3 Å². The van der Waals surface area contributed by atoms with Crippen LogP contribution in [-0.4, -0.2) is 32.8 Å². The van der Waals surface area contributed by atoms with Crippen LogP contribution in [0.5, 0.6) is 0 Å². The zero-order valence-electron chi connectivity index (χ0n) is 14.7. The summed E-state index contributed by atoms with van der Waals surface area (Å²) in [5.74, 6) is 0.664. The smallest absolute Gasteiger partial charge is 0.261 e. The Morgan fingerprint density at radius 2 is 2.26 bits per heavy atom. The van der Waals surface area contributed by atoms with Crippen molar-refractivity contribution in [1.82, 2.24) is 19.8 Å². The number of aromatic nitrogens is 2. The molecule has 7 nitrogen and oxygen atoms in total. The fourth-order valence-electron chi connectivity index (χ4n) is 3.31. The maximum atomic E-state index is 12.7. The Morgan fingerprint density at radius 3 is 3.04 bits per heavy atom. The lowest BCUT2D eigenvalue weighted by Crippen LogP contribution is -2.32. The highest BCUT2D eigenvalue weighted by molar-refractivity contribution is 7.14. The van der Waals surface area contributed by atoms with Gasteiger partial charge in [-0.3, -0.25) is 9.59 Å². The van der Waals surface area contributed by atoms with Crippen LogP contribution in [0.1, 0.15) is 39.2 Å². The first-order valence-corrected chi connectivity index (χ1v) is 9.68. The van der Waals surface area contributed by atoms with Gasteiger partial charge in [-0.05, 0) is 37.1 Å². The van der Waals surface area contributed by atoms with E-state index in [4.69, 9.17) is 4.42 Å². The minimum atomic E-state index is -0.128. The van der Waals surface area contributed by atoms with E-state index in [0.29, 0.717) is 23.7 Å². The predicted molar refractivity (Wildman–Crippen MR) is 100 cm³/mol. The Hall–Kier alpha value is -2.87. The zero-order chi connectivity index (χ0) is 18.6. The molecule has 8 heteroatoms. The molecule has 1 aliphatic rings. The third kappa shape index (κ3) is 3.95. The Balaban J connectivity index is 1.40. The maximum absolute atomic E-state index is 12.7. The summed E-state index contributed by atoms with van der Waals surface area (Å²) in [5, 5.41) is 2.86. The molecule has 1 atom stereocenters. The highest BCUT2D eigenvalue weighted by Gasteiger charge is 2.31. The van der Waals surface area contributed by atoms with Gasteiger partial charge in [0.2, 0.25) is 5.91 Å². The number of imidazole rings is 1. The van der Waals surface area contributed by atoms with Gasteiger partial charge in [-0.1, -0.05) is 0 Å². The lowest BCUT2D eigenvalue weighted by Gasteiger charge is -2.24. The lowest BCUT2D eigenvalue weighted by molar-refractivity contribution is -0.132. The lowest BCUT2D eigenvalue weighted by atomic mass is 10.2. The summed E-state index contributed by atoms with van der Waals surface area (Å²) in [6, 6.07) is 7.44. The standard InChI is InChI=1S/C19H20N4O3S/c24-18(12-22-9-7-20-13-22)23-8-1-4-15(23)16-5-6-17(27-16)19(25)21-11-14-3-2-10-26-14/h2-3,5-7,9-10,13,15H,1,4,8,11-12H2,(H,21,25)/t15-/m1/s1. The third-order valence-corrected chi connectivity index (χ3v) is 5.82. The zero-order valence-corrected chi connectivity index (χ0v) is 15.5. The average Bonchev–Trinajstić information content (AvgIpc) is 3.47. The average molecular weight is 384 g/mol. The van der Waals surface area contributed by atoms with Crippen molar-refractivity contribution in [3.05, 3.63) is 64.8 Å². The number of nitrogens with one attached hydrogen (secondary N) is 1. The minimum Gasteiger partial charge on any atom is -0.467 e. The second kappa shape index (κ2) is 7.79. The SMILES string of the molecule is O=C(NCc1ccco1)c1ccc([C@H]2CCCN2C(=O)Cn2ccnc2)s1. The Kier molecular flexibility index (Phi) is 5.06. The summed E-state index contributed by atoms with van der Waals surface area (Å²) >= 11 is 1.45. The van der Waals surface area contributed by atoms with Gasteiger partial charge in [-0.2, -0.15) is 0 Å². The van der Waals surface area contributed by atoms with Crippen LogP contribution in [0.15, 0.2) is 53.7 Å². The molecule has 3 aromatic heterocycles. The van der Waals surface area contributed by atoms with Crippen LogP contribution in [0, 0.1) is 0 Å². The van der Waals surface area contributed by atoms with Crippen molar-refractivity contribution in [2.75, 3.05) is 6.54 Å². The van der Waals surface area contributed by atoms with Gasteiger partial charge in [-0.25, -0.2) is 4.98 Å². The first kappa shape index (κ1) is 17.5. The molecule has 0 aliphatic carbocycles. The first-order chi connectivity index (χ1) is 13.2. The number of amides is 2. The Morgan fingerprint density at radius 1 is 1.33 bits per heavy atom. The van der Waals surface area contributed by atoms with Crippen molar-refractivity contribution < 1.29 is 14.0 Å². The van der Waals surface area contributed by atoms with Gasteiger partial charge < -0.3 is 19.2 Å². The van der Waals surface area contributed by atoms with Gasteiger partial charge in [0.05, 0.1) is 30.1 Å². The first-order valence-electron chi connectivity index (χ1n) is 8.86. The molecule has 4 heterocycles. The normalized spacial score (nSPS) is 16.6. The number of rotatable bonds is 6. The van der Waals surface area contributed by atoms with E-state index in [9.17, 15) is 9.59 Å². The molecule has 1 fully saturated rings. The van der Waals surface area contributed by atoms with Gasteiger partial charge >= 0.3 is 0 Å². The highest BCUT2D eigenvalue weighted by Crippen LogP contribution is 2.36. The molecule has 0 radical (unpaired) electrons. The number of likely N-dealkylation sites (tertiary alicyclic amines) is 1. The summed E-state index contributed by atoms with van der Waals surface area (Å²) in [5.41, 5.74) is 0. The number of carbonyl (C=O) groups is 2. The highest BCUT2D eigenvalue weighted by atomic mass is 32.1. The fourth-order valence-corrected chi connectivity index (χ4v) is 4.38. The van der Waals surface area contributed by atoms with Gasteiger partial charge in [0.15, 0.2) is 0 Å². The van der Waals surface area contributed by atoms with Crippen molar-refractivity contribution in [2.24, 2.45) is 0 Å². The second-order valence-electron chi connectivity index (χ2n) is 6.44. The van der Waals surface area contributed by atoms with Crippen LogP contribution in [-0.2, 0) is 17.9 Å². The molecule has 3 aromatic rings. The van der Waals surface area contributed by atoms with Crippen LogP contribution in [0.4, 0.5) is 0 Å². The van der Waals surface area contributed by atoms with E-state index in [1.165, 1.54) is 11.3 Å². The van der Waals surface area contributed by atoms with Crippen molar-refractivity contribution in [3.8, 4) is 0 Å². The van der Waals surface area contributed by atoms with E-state index in [1.54, 1.807) is 35.6 Å². The van der Waals surface area contributed by atoms with Crippen LogP contribution in [0.25, 0.3) is 0 Å². The topological polar surface area (TPSA) is 80.4 Å². The third-order valence-electron chi connectivity index (χ3n) is 4.63. The summed E-state index contributed by atoms with van der Waals surface area (Å²) in [7, 11) is 0. The molecule has 0 bridgehead atoms. The molecule has 0 saturated carbocycles. The minimum absolute atomic E-state index is 0.0395. The molecule has 27 heavy (non-hydrogen) atoms. The van der Waals surface area contributed by atoms with Gasteiger partial charge in [-0.15, -0.1) is 11.3 Å². The van der Waals surface area contributed by atoms with E-state index in [2.05, 4.69) is 10.3 Å². The van der Waals surface area contributed by atoms with Gasteiger partial charge in [0.1, 0.15) is 12.3 Å². The quantitative estimate of drug-likeness (QED) is 0.709. The van der Waals surface area contributed by atoms with Crippen LogP contribution in [0.3, 0.4) is 0 Å². The number of carbonyl (C=O) groups excluding carboxylic acids is 2. The van der Waals surface area contributed by atoms with Crippen LogP contribution >= 0.6 is 11.3 Å². The summed E-state index contributed by atoms with van der Waals surface area (Å²) in [6.45, 7) is 1.40. The molecule has 140 valence electrons. The van der Waals surface area contributed by atoms with E-state index in [1.807, 2.05) is 23.1 Å². The molecule has 1 saturated heterocycles. The van der Waals surface area contributed by atoms with Gasteiger partial charge in [0, 0.05) is 23.8 Å². The number of hydrogen-bond donors (Lipinski definition) is 1. The fraction of sp³-hybridized carbons (Fsp3) is 0.316. The number of hydrogen-bond acceptors (Lipinski definition) is 5.